The third kappa shape index (κ3) is 3.49. The Bertz CT molecular complexity index is 709. The third-order valence-corrected chi connectivity index (χ3v) is 4.34. The van der Waals surface area contributed by atoms with Gasteiger partial charge in [0.2, 0.25) is 0 Å². The molecule has 3 rings (SSSR count). The van der Waals surface area contributed by atoms with Crippen molar-refractivity contribution in [3.05, 3.63) is 47.4 Å². The first-order valence-corrected chi connectivity index (χ1v) is 7.91. The van der Waals surface area contributed by atoms with Crippen molar-refractivity contribution in [3.8, 4) is 6.07 Å². The van der Waals surface area contributed by atoms with Gasteiger partial charge < -0.3 is 19.7 Å². The first-order chi connectivity index (χ1) is 11.2. The lowest BCUT2D eigenvalue weighted by atomic mass is 10.0. The number of aryl methyl sites for hydroxylation is 1. The number of furan rings is 1. The molecule has 0 spiro atoms. The fraction of sp³-hybridized carbons (Fsp3) is 0.389. The summed E-state index contributed by atoms with van der Waals surface area (Å²) in [4.78, 5) is 2.17. The van der Waals surface area contributed by atoms with E-state index in [2.05, 4.69) is 16.3 Å². The predicted octanol–water partition coefficient (Wildman–Crippen LogP) is 3.03. The van der Waals surface area contributed by atoms with Gasteiger partial charge in [0.1, 0.15) is 11.8 Å². The number of hydrogen-bond donors (Lipinski definition) is 2. The molecule has 1 fully saturated rings. The normalized spacial score (nSPS) is 15.4. The standard InChI is InChI=1S/C18H21N3O2/c1-13-6-9-23-18(13)12-20-15-2-3-17(14(10-15)11-19)21-7-4-16(22)5-8-21/h2-3,6,9-10,16,20,22H,4-5,7-8,12H2,1H3. The molecule has 1 aliphatic heterocycles. The van der Waals surface area contributed by atoms with E-state index in [9.17, 15) is 10.4 Å². The molecule has 120 valence electrons. The van der Waals surface area contributed by atoms with Crippen molar-refractivity contribution < 1.29 is 9.52 Å². The summed E-state index contributed by atoms with van der Waals surface area (Å²) in [6.45, 7) is 4.18. The molecule has 0 aliphatic carbocycles. The molecule has 0 saturated carbocycles. The van der Waals surface area contributed by atoms with Crippen LogP contribution in [0.3, 0.4) is 0 Å². The molecular formula is C18H21N3O2. The zero-order chi connectivity index (χ0) is 16.2. The van der Waals surface area contributed by atoms with E-state index in [0.717, 1.165) is 48.6 Å². The molecule has 1 aromatic heterocycles. The number of piperidine rings is 1. The predicted molar refractivity (Wildman–Crippen MR) is 89.4 cm³/mol. The monoisotopic (exact) mass is 311 g/mol. The van der Waals surface area contributed by atoms with E-state index >= 15 is 0 Å². The number of rotatable bonds is 4. The van der Waals surface area contributed by atoms with E-state index in [1.165, 1.54) is 0 Å². The molecule has 1 aliphatic rings. The first-order valence-electron chi connectivity index (χ1n) is 7.91. The summed E-state index contributed by atoms with van der Waals surface area (Å²) >= 11 is 0. The van der Waals surface area contributed by atoms with Crippen LogP contribution < -0.4 is 10.2 Å². The van der Waals surface area contributed by atoms with E-state index in [4.69, 9.17) is 4.42 Å². The van der Waals surface area contributed by atoms with Crippen LogP contribution in [-0.2, 0) is 6.54 Å². The Labute approximate surface area is 136 Å². The zero-order valence-electron chi connectivity index (χ0n) is 13.2. The summed E-state index contributed by atoms with van der Waals surface area (Å²) < 4.78 is 5.41. The first kappa shape index (κ1) is 15.4. The summed E-state index contributed by atoms with van der Waals surface area (Å²) in [7, 11) is 0. The zero-order valence-corrected chi connectivity index (χ0v) is 13.2. The average Bonchev–Trinajstić information content (AvgIpc) is 2.98. The number of nitriles is 1. The Kier molecular flexibility index (Phi) is 4.54. The Hall–Kier alpha value is -2.45. The molecule has 2 aromatic rings. The number of nitrogens with zero attached hydrogens (tertiary/aromatic N) is 2. The second kappa shape index (κ2) is 6.76. The molecule has 2 N–H and O–H groups in total. The maximum absolute atomic E-state index is 9.62. The topological polar surface area (TPSA) is 72.4 Å². The fourth-order valence-electron chi connectivity index (χ4n) is 2.89. The Morgan fingerprint density at radius 3 is 2.78 bits per heavy atom. The second-order valence-corrected chi connectivity index (χ2v) is 5.94. The number of aliphatic hydroxyl groups is 1. The molecule has 23 heavy (non-hydrogen) atoms. The highest BCUT2D eigenvalue weighted by atomic mass is 16.3. The minimum atomic E-state index is -0.214. The lowest BCUT2D eigenvalue weighted by Crippen LogP contribution is -2.36. The molecule has 0 radical (unpaired) electrons. The lowest BCUT2D eigenvalue weighted by Gasteiger charge is -2.32. The molecule has 1 aromatic carbocycles. The molecule has 1 saturated heterocycles. The maximum Gasteiger partial charge on any atom is 0.125 e. The molecule has 5 heteroatoms. The highest BCUT2D eigenvalue weighted by Gasteiger charge is 2.19. The van der Waals surface area contributed by atoms with Gasteiger partial charge in [-0.2, -0.15) is 5.26 Å². The van der Waals surface area contributed by atoms with Gasteiger partial charge in [-0.15, -0.1) is 0 Å². The minimum Gasteiger partial charge on any atom is -0.467 e. The van der Waals surface area contributed by atoms with Crippen LogP contribution in [0, 0.1) is 18.3 Å². The van der Waals surface area contributed by atoms with Gasteiger partial charge in [0.25, 0.3) is 0 Å². The molecule has 0 bridgehead atoms. The summed E-state index contributed by atoms with van der Waals surface area (Å²) in [5, 5.41) is 22.4. The third-order valence-electron chi connectivity index (χ3n) is 4.34. The van der Waals surface area contributed by atoms with Crippen LogP contribution in [0.1, 0.15) is 29.7 Å². The highest BCUT2D eigenvalue weighted by molar-refractivity contribution is 5.65. The van der Waals surface area contributed by atoms with Crippen molar-refractivity contribution in [1.29, 1.82) is 5.26 Å². The lowest BCUT2D eigenvalue weighted by molar-refractivity contribution is 0.145. The van der Waals surface area contributed by atoms with Crippen LogP contribution in [0.2, 0.25) is 0 Å². The van der Waals surface area contributed by atoms with Crippen LogP contribution in [-0.4, -0.2) is 24.3 Å². The quantitative estimate of drug-likeness (QED) is 0.908. The van der Waals surface area contributed by atoms with Crippen molar-refractivity contribution >= 4 is 11.4 Å². The van der Waals surface area contributed by atoms with Crippen LogP contribution in [0.15, 0.2) is 34.9 Å². The van der Waals surface area contributed by atoms with Gasteiger partial charge in [0.15, 0.2) is 0 Å². The van der Waals surface area contributed by atoms with Gasteiger partial charge in [-0.3, -0.25) is 0 Å². The van der Waals surface area contributed by atoms with Gasteiger partial charge in [0, 0.05) is 18.8 Å². The van der Waals surface area contributed by atoms with Crippen molar-refractivity contribution in [2.24, 2.45) is 0 Å². The summed E-state index contributed by atoms with van der Waals surface area (Å²) in [6.07, 6.45) is 2.97. The number of hydrogen-bond acceptors (Lipinski definition) is 5. The molecule has 2 heterocycles. The van der Waals surface area contributed by atoms with E-state index < -0.39 is 0 Å². The van der Waals surface area contributed by atoms with Crippen LogP contribution >= 0.6 is 0 Å². The Morgan fingerprint density at radius 2 is 2.13 bits per heavy atom. The van der Waals surface area contributed by atoms with Gasteiger partial charge in [-0.05, 0) is 49.6 Å². The van der Waals surface area contributed by atoms with Crippen molar-refractivity contribution in [2.45, 2.75) is 32.4 Å². The highest BCUT2D eigenvalue weighted by Crippen LogP contribution is 2.27. The molecule has 5 nitrogen and oxygen atoms in total. The fourth-order valence-corrected chi connectivity index (χ4v) is 2.89. The van der Waals surface area contributed by atoms with Gasteiger partial charge in [-0.1, -0.05) is 0 Å². The van der Waals surface area contributed by atoms with Gasteiger partial charge >= 0.3 is 0 Å². The molecular weight excluding hydrogens is 290 g/mol. The Balaban J connectivity index is 1.72. The van der Waals surface area contributed by atoms with Gasteiger partial charge in [-0.25, -0.2) is 0 Å². The minimum absolute atomic E-state index is 0.214. The molecule has 0 amide bonds. The van der Waals surface area contributed by atoms with Gasteiger partial charge in [0.05, 0.1) is 30.2 Å². The Morgan fingerprint density at radius 1 is 1.35 bits per heavy atom. The summed E-state index contributed by atoms with van der Waals surface area (Å²) in [5.41, 5.74) is 3.61. The van der Waals surface area contributed by atoms with Crippen LogP contribution in [0.5, 0.6) is 0 Å². The van der Waals surface area contributed by atoms with Crippen LogP contribution in [0.25, 0.3) is 0 Å². The van der Waals surface area contributed by atoms with E-state index in [1.807, 2.05) is 31.2 Å². The summed E-state index contributed by atoms with van der Waals surface area (Å²) in [5.74, 6) is 0.901. The second-order valence-electron chi connectivity index (χ2n) is 5.94. The van der Waals surface area contributed by atoms with Crippen molar-refractivity contribution in [1.82, 2.24) is 0 Å². The van der Waals surface area contributed by atoms with Crippen LogP contribution in [0.4, 0.5) is 11.4 Å². The van der Waals surface area contributed by atoms with Crippen molar-refractivity contribution in [3.63, 3.8) is 0 Å². The molecule has 0 unspecified atom stereocenters. The number of nitrogens with one attached hydrogen (secondary N) is 1. The van der Waals surface area contributed by atoms with E-state index in [1.54, 1.807) is 6.26 Å². The largest absolute Gasteiger partial charge is 0.467 e. The average molecular weight is 311 g/mol. The molecule has 0 atom stereocenters. The number of benzene rings is 1. The van der Waals surface area contributed by atoms with Crippen molar-refractivity contribution in [2.75, 3.05) is 23.3 Å². The van der Waals surface area contributed by atoms with E-state index in [0.29, 0.717) is 12.1 Å². The summed E-state index contributed by atoms with van der Waals surface area (Å²) in [6, 6.07) is 10.1. The number of aliphatic hydroxyl groups excluding tert-OH is 1. The number of anilines is 2. The van der Waals surface area contributed by atoms with E-state index in [-0.39, 0.29) is 6.10 Å². The maximum atomic E-state index is 9.62. The SMILES string of the molecule is Cc1ccoc1CNc1ccc(N2CCC(O)CC2)c(C#N)c1. The smallest absolute Gasteiger partial charge is 0.125 e.